The Kier molecular flexibility index (Phi) is 5.80. The van der Waals surface area contributed by atoms with Gasteiger partial charge in [0.1, 0.15) is 24.2 Å². The second-order valence-electron chi connectivity index (χ2n) is 4.21. The van der Waals surface area contributed by atoms with Crippen LogP contribution in [0.3, 0.4) is 0 Å². The number of benzene rings is 1. The molecule has 1 aromatic carbocycles. The SMILES string of the molecule is COc1cccc(OC[C@H](O)CNC(C)C)c1. The highest BCUT2D eigenvalue weighted by molar-refractivity contribution is 5.32. The van der Waals surface area contributed by atoms with Gasteiger partial charge in [-0.25, -0.2) is 0 Å². The van der Waals surface area contributed by atoms with Crippen LogP contribution < -0.4 is 14.8 Å². The van der Waals surface area contributed by atoms with E-state index in [0.29, 0.717) is 18.3 Å². The first-order valence-electron chi connectivity index (χ1n) is 5.80. The van der Waals surface area contributed by atoms with Gasteiger partial charge in [-0.3, -0.25) is 0 Å². The quantitative estimate of drug-likeness (QED) is 0.756. The van der Waals surface area contributed by atoms with Crippen molar-refractivity contribution < 1.29 is 14.6 Å². The van der Waals surface area contributed by atoms with Crippen LogP contribution in [0.1, 0.15) is 13.8 Å². The third-order valence-electron chi connectivity index (χ3n) is 2.25. The van der Waals surface area contributed by atoms with E-state index in [9.17, 15) is 5.11 Å². The molecule has 1 aromatic rings. The van der Waals surface area contributed by atoms with Crippen molar-refractivity contribution in [1.82, 2.24) is 5.32 Å². The molecule has 1 rings (SSSR count). The summed E-state index contributed by atoms with van der Waals surface area (Å²) in [5, 5.41) is 12.8. The molecule has 0 radical (unpaired) electrons. The molecule has 4 heteroatoms. The molecule has 0 amide bonds. The zero-order valence-electron chi connectivity index (χ0n) is 10.6. The molecule has 0 bridgehead atoms. The summed E-state index contributed by atoms with van der Waals surface area (Å²) in [4.78, 5) is 0. The lowest BCUT2D eigenvalue weighted by Crippen LogP contribution is -2.35. The Morgan fingerprint density at radius 3 is 2.65 bits per heavy atom. The maximum atomic E-state index is 9.67. The number of rotatable bonds is 7. The Balaban J connectivity index is 2.33. The fourth-order valence-electron chi connectivity index (χ4n) is 1.31. The monoisotopic (exact) mass is 239 g/mol. The summed E-state index contributed by atoms with van der Waals surface area (Å²) in [6, 6.07) is 7.70. The summed E-state index contributed by atoms with van der Waals surface area (Å²) < 4.78 is 10.6. The summed E-state index contributed by atoms with van der Waals surface area (Å²) in [6.45, 7) is 4.87. The van der Waals surface area contributed by atoms with Gasteiger partial charge in [-0.15, -0.1) is 0 Å². The molecular weight excluding hydrogens is 218 g/mol. The van der Waals surface area contributed by atoms with Gasteiger partial charge >= 0.3 is 0 Å². The Hall–Kier alpha value is -1.26. The van der Waals surface area contributed by atoms with Crippen LogP contribution in [-0.2, 0) is 0 Å². The average Bonchev–Trinajstić information content (AvgIpc) is 2.34. The van der Waals surface area contributed by atoms with E-state index >= 15 is 0 Å². The van der Waals surface area contributed by atoms with Crippen molar-refractivity contribution in [2.45, 2.75) is 26.0 Å². The van der Waals surface area contributed by atoms with E-state index in [1.54, 1.807) is 13.2 Å². The van der Waals surface area contributed by atoms with Gasteiger partial charge in [0, 0.05) is 18.7 Å². The molecule has 17 heavy (non-hydrogen) atoms. The Bertz CT molecular complexity index is 328. The lowest BCUT2D eigenvalue weighted by molar-refractivity contribution is 0.104. The van der Waals surface area contributed by atoms with Gasteiger partial charge in [-0.1, -0.05) is 19.9 Å². The molecule has 0 aliphatic heterocycles. The number of nitrogens with one attached hydrogen (secondary N) is 1. The molecule has 0 saturated heterocycles. The van der Waals surface area contributed by atoms with Crippen LogP contribution >= 0.6 is 0 Å². The van der Waals surface area contributed by atoms with Gasteiger partial charge in [0.25, 0.3) is 0 Å². The van der Waals surface area contributed by atoms with Gasteiger partial charge in [0.15, 0.2) is 0 Å². The third kappa shape index (κ3) is 5.56. The third-order valence-corrected chi connectivity index (χ3v) is 2.25. The van der Waals surface area contributed by atoms with E-state index in [-0.39, 0.29) is 6.61 Å². The number of methoxy groups -OCH3 is 1. The molecule has 1 atom stereocenters. The van der Waals surface area contributed by atoms with Gasteiger partial charge in [0.05, 0.1) is 7.11 Å². The van der Waals surface area contributed by atoms with Gasteiger partial charge in [0.2, 0.25) is 0 Å². The van der Waals surface area contributed by atoms with E-state index in [4.69, 9.17) is 9.47 Å². The summed E-state index contributed by atoms with van der Waals surface area (Å²) in [6.07, 6.45) is -0.511. The minimum absolute atomic E-state index is 0.271. The predicted molar refractivity (Wildman–Crippen MR) is 67.6 cm³/mol. The smallest absolute Gasteiger partial charge is 0.123 e. The molecule has 0 saturated carbocycles. The van der Waals surface area contributed by atoms with Crippen LogP contribution in [0, 0.1) is 0 Å². The topological polar surface area (TPSA) is 50.7 Å². The Labute approximate surface area is 103 Å². The first-order valence-corrected chi connectivity index (χ1v) is 5.80. The van der Waals surface area contributed by atoms with Crippen molar-refractivity contribution in [3.8, 4) is 11.5 Å². The van der Waals surface area contributed by atoms with Crippen LogP contribution in [0.2, 0.25) is 0 Å². The average molecular weight is 239 g/mol. The van der Waals surface area contributed by atoms with Crippen molar-refractivity contribution in [1.29, 1.82) is 0 Å². The van der Waals surface area contributed by atoms with Crippen LogP contribution in [0.5, 0.6) is 11.5 Å². The second kappa shape index (κ2) is 7.14. The number of ether oxygens (including phenoxy) is 2. The fraction of sp³-hybridized carbons (Fsp3) is 0.538. The normalized spacial score (nSPS) is 12.5. The molecule has 2 N–H and O–H groups in total. The van der Waals surface area contributed by atoms with Crippen molar-refractivity contribution in [3.63, 3.8) is 0 Å². The number of hydrogen-bond donors (Lipinski definition) is 2. The number of aliphatic hydroxyl groups is 1. The van der Waals surface area contributed by atoms with E-state index in [2.05, 4.69) is 5.32 Å². The standard InChI is InChI=1S/C13H21NO3/c1-10(2)14-8-11(15)9-17-13-6-4-5-12(7-13)16-3/h4-7,10-11,14-15H,8-9H2,1-3H3/t11-/m1/s1. The molecule has 0 aromatic heterocycles. The molecule has 0 fully saturated rings. The number of aliphatic hydroxyl groups excluding tert-OH is 1. The minimum atomic E-state index is -0.511. The van der Waals surface area contributed by atoms with Crippen LogP contribution in [0.15, 0.2) is 24.3 Å². The maximum Gasteiger partial charge on any atom is 0.123 e. The van der Waals surface area contributed by atoms with Crippen LogP contribution in [-0.4, -0.2) is 37.5 Å². The van der Waals surface area contributed by atoms with E-state index < -0.39 is 6.10 Å². The molecule has 0 unspecified atom stereocenters. The summed E-state index contributed by atoms with van der Waals surface area (Å²) in [7, 11) is 1.61. The first kappa shape index (κ1) is 13.8. The highest BCUT2D eigenvalue weighted by Crippen LogP contribution is 2.18. The summed E-state index contributed by atoms with van der Waals surface area (Å²) in [5.41, 5.74) is 0. The zero-order chi connectivity index (χ0) is 12.7. The zero-order valence-corrected chi connectivity index (χ0v) is 10.6. The molecule has 96 valence electrons. The minimum Gasteiger partial charge on any atom is -0.497 e. The molecule has 0 spiro atoms. The Morgan fingerprint density at radius 2 is 2.00 bits per heavy atom. The largest absolute Gasteiger partial charge is 0.497 e. The van der Waals surface area contributed by atoms with Gasteiger partial charge in [-0.2, -0.15) is 0 Å². The summed E-state index contributed by atoms with van der Waals surface area (Å²) >= 11 is 0. The van der Waals surface area contributed by atoms with E-state index in [1.165, 1.54) is 0 Å². The fourth-order valence-corrected chi connectivity index (χ4v) is 1.31. The Morgan fingerprint density at radius 1 is 1.29 bits per heavy atom. The first-order chi connectivity index (χ1) is 8.11. The van der Waals surface area contributed by atoms with Crippen molar-refractivity contribution in [2.75, 3.05) is 20.3 Å². The molecular formula is C13H21NO3. The predicted octanol–water partition coefficient (Wildman–Crippen LogP) is 1.43. The van der Waals surface area contributed by atoms with Gasteiger partial charge < -0.3 is 19.9 Å². The molecule has 4 nitrogen and oxygen atoms in total. The lowest BCUT2D eigenvalue weighted by atomic mass is 10.3. The van der Waals surface area contributed by atoms with Crippen LogP contribution in [0.25, 0.3) is 0 Å². The molecule has 0 aliphatic rings. The lowest BCUT2D eigenvalue weighted by Gasteiger charge is -2.15. The summed E-state index contributed by atoms with van der Waals surface area (Å²) in [5.74, 6) is 1.45. The second-order valence-corrected chi connectivity index (χ2v) is 4.21. The van der Waals surface area contributed by atoms with Crippen molar-refractivity contribution in [3.05, 3.63) is 24.3 Å². The maximum absolute atomic E-state index is 9.67. The van der Waals surface area contributed by atoms with Crippen molar-refractivity contribution in [2.24, 2.45) is 0 Å². The highest BCUT2D eigenvalue weighted by Gasteiger charge is 2.06. The molecule has 0 aliphatic carbocycles. The molecule has 0 heterocycles. The van der Waals surface area contributed by atoms with Gasteiger partial charge in [-0.05, 0) is 12.1 Å². The van der Waals surface area contributed by atoms with Crippen molar-refractivity contribution >= 4 is 0 Å². The highest BCUT2D eigenvalue weighted by atomic mass is 16.5. The van der Waals surface area contributed by atoms with E-state index in [0.717, 1.165) is 5.75 Å². The number of hydrogen-bond acceptors (Lipinski definition) is 4. The van der Waals surface area contributed by atoms with E-state index in [1.807, 2.05) is 32.0 Å². The van der Waals surface area contributed by atoms with Crippen LogP contribution in [0.4, 0.5) is 0 Å².